The van der Waals surface area contributed by atoms with Crippen molar-refractivity contribution in [1.82, 2.24) is 0 Å². The van der Waals surface area contributed by atoms with E-state index in [0.717, 1.165) is 12.0 Å². The van der Waals surface area contributed by atoms with Gasteiger partial charge in [0.25, 0.3) is 0 Å². The third kappa shape index (κ3) is 0.657. The SMILES string of the molecule is Cc1ccc2c(c1)NC1CC21.[HH]. The lowest BCUT2D eigenvalue weighted by Crippen LogP contribution is -1.96. The summed E-state index contributed by atoms with van der Waals surface area (Å²) in [4.78, 5) is 0. The Bertz CT molecular complexity index is 322. The first-order valence-electron chi connectivity index (χ1n) is 4.22. The number of benzene rings is 1. The summed E-state index contributed by atoms with van der Waals surface area (Å²) in [5.74, 6) is 0.852. The van der Waals surface area contributed by atoms with Gasteiger partial charge in [-0.1, -0.05) is 12.1 Å². The Morgan fingerprint density at radius 1 is 1.55 bits per heavy atom. The Hall–Kier alpha value is -0.980. The molecule has 0 saturated heterocycles. The summed E-state index contributed by atoms with van der Waals surface area (Å²) in [5.41, 5.74) is 4.28. The van der Waals surface area contributed by atoms with Gasteiger partial charge in [0.15, 0.2) is 0 Å². The van der Waals surface area contributed by atoms with Crippen molar-refractivity contribution in [2.24, 2.45) is 0 Å². The van der Waals surface area contributed by atoms with Gasteiger partial charge in [-0.3, -0.25) is 0 Å². The molecule has 0 aromatic heterocycles. The number of hydrogen-bond donors (Lipinski definition) is 1. The summed E-state index contributed by atoms with van der Waals surface area (Å²) in [6.45, 7) is 2.14. The van der Waals surface area contributed by atoms with Gasteiger partial charge < -0.3 is 5.32 Å². The zero-order valence-electron chi connectivity index (χ0n) is 6.59. The second kappa shape index (κ2) is 1.60. The maximum atomic E-state index is 3.51. The molecule has 1 saturated carbocycles. The van der Waals surface area contributed by atoms with E-state index in [-0.39, 0.29) is 1.43 Å². The zero-order valence-corrected chi connectivity index (χ0v) is 6.59. The molecule has 2 unspecified atom stereocenters. The van der Waals surface area contributed by atoms with E-state index in [4.69, 9.17) is 0 Å². The lowest BCUT2D eigenvalue weighted by atomic mass is 10.1. The molecule has 1 heteroatoms. The molecule has 0 bridgehead atoms. The van der Waals surface area contributed by atoms with Crippen molar-refractivity contribution in [3.63, 3.8) is 0 Å². The average molecular weight is 147 g/mol. The molecule has 1 aliphatic heterocycles. The fraction of sp³-hybridized carbons (Fsp3) is 0.400. The van der Waals surface area contributed by atoms with Crippen LogP contribution in [0, 0.1) is 6.92 Å². The molecule has 1 N–H and O–H groups in total. The molecule has 0 radical (unpaired) electrons. The number of rotatable bonds is 0. The molecule has 2 aliphatic rings. The van der Waals surface area contributed by atoms with Crippen LogP contribution in [0.5, 0.6) is 0 Å². The number of hydrogen-bond acceptors (Lipinski definition) is 1. The molecular formula is C10H13N. The quantitative estimate of drug-likeness (QED) is 0.594. The van der Waals surface area contributed by atoms with Crippen LogP contribution in [0.1, 0.15) is 24.9 Å². The van der Waals surface area contributed by atoms with E-state index in [1.54, 1.807) is 5.56 Å². The summed E-state index contributed by atoms with van der Waals surface area (Å²) in [6, 6.07) is 7.52. The Balaban J connectivity index is 0.000000563. The Morgan fingerprint density at radius 2 is 2.45 bits per heavy atom. The normalized spacial score (nSPS) is 30.6. The topological polar surface area (TPSA) is 12.0 Å². The van der Waals surface area contributed by atoms with Crippen molar-refractivity contribution in [3.05, 3.63) is 29.3 Å². The van der Waals surface area contributed by atoms with E-state index >= 15 is 0 Å². The Labute approximate surface area is 67.9 Å². The molecule has 0 amide bonds. The van der Waals surface area contributed by atoms with Gasteiger partial charge in [0.1, 0.15) is 0 Å². The molecule has 1 heterocycles. The molecule has 1 nitrogen and oxygen atoms in total. The molecule has 11 heavy (non-hydrogen) atoms. The molecule has 1 aromatic rings. The predicted octanol–water partition coefficient (Wildman–Crippen LogP) is 2.52. The minimum absolute atomic E-state index is 0. The van der Waals surface area contributed by atoms with Crippen LogP contribution in [0.15, 0.2) is 18.2 Å². The summed E-state index contributed by atoms with van der Waals surface area (Å²) in [5, 5.41) is 3.51. The van der Waals surface area contributed by atoms with Gasteiger partial charge >= 0.3 is 0 Å². The smallest absolute Gasteiger partial charge is 0.0381 e. The minimum atomic E-state index is 0. The summed E-state index contributed by atoms with van der Waals surface area (Å²) in [6.07, 6.45) is 1.36. The van der Waals surface area contributed by atoms with Crippen LogP contribution in [0.3, 0.4) is 0 Å². The number of anilines is 1. The summed E-state index contributed by atoms with van der Waals surface area (Å²) >= 11 is 0. The molecule has 0 spiro atoms. The molecule has 1 aliphatic carbocycles. The van der Waals surface area contributed by atoms with Crippen molar-refractivity contribution in [2.75, 3.05) is 5.32 Å². The van der Waals surface area contributed by atoms with Crippen LogP contribution in [0.25, 0.3) is 0 Å². The molecule has 58 valence electrons. The van der Waals surface area contributed by atoms with Gasteiger partial charge in [-0.05, 0) is 30.5 Å². The largest absolute Gasteiger partial charge is 0.381 e. The maximum Gasteiger partial charge on any atom is 0.0381 e. The van der Waals surface area contributed by atoms with Crippen LogP contribution in [-0.2, 0) is 0 Å². The zero-order chi connectivity index (χ0) is 7.42. The predicted molar refractivity (Wildman–Crippen MR) is 48.1 cm³/mol. The summed E-state index contributed by atoms with van der Waals surface area (Å²) < 4.78 is 0. The van der Waals surface area contributed by atoms with Gasteiger partial charge in [0.05, 0.1) is 0 Å². The lowest BCUT2D eigenvalue weighted by Gasteiger charge is -2.03. The standard InChI is InChI=1S/C10H11N.H2/c1-6-2-3-7-8-5-10(8)11-9(7)4-6;/h2-4,8,10-11H,5H2,1H3;1H. The van der Waals surface area contributed by atoms with Crippen molar-refractivity contribution in [2.45, 2.75) is 25.3 Å². The molecular weight excluding hydrogens is 134 g/mol. The van der Waals surface area contributed by atoms with E-state index in [9.17, 15) is 0 Å². The van der Waals surface area contributed by atoms with E-state index < -0.39 is 0 Å². The number of nitrogens with one attached hydrogen (secondary N) is 1. The monoisotopic (exact) mass is 147 g/mol. The Morgan fingerprint density at radius 3 is 3.36 bits per heavy atom. The van der Waals surface area contributed by atoms with Crippen molar-refractivity contribution >= 4 is 5.69 Å². The van der Waals surface area contributed by atoms with Gasteiger partial charge in [0.2, 0.25) is 0 Å². The average Bonchev–Trinajstić information content (AvgIpc) is 2.63. The van der Waals surface area contributed by atoms with E-state index in [1.807, 2.05) is 0 Å². The third-order valence-corrected chi connectivity index (χ3v) is 2.74. The summed E-state index contributed by atoms with van der Waals surface area (Å²) in [7, 11) is 0. The molecule has 3 rings (SSSR count). The van der Waals surface area contributed by atoms with Crippen molar-refractivity contribution < 1.29 is 1.43 Å². The van der Waals surface area contributed by atoms with Crippen LogP contribution in [0.2, 0.25) is 0 Å². The highest BCUT2D eigenvalue weighted by atomic mass is 15.0. The van der Waals surface area contributed by atoms with Crippen LogP contribution >= 0.6 is 0 Å². The second-order valence-electron chi connectivity index (χ2n) is 3.68. The number of aryl methyl sites for hydroxylation is 1. The highest BCUT2D eigenvalue weighted by Gasteiger charge is 2.44. The van der Waals surface area contributed by atoms with Gasteiger partial charge in [0, 0.05) is 19.1 Å². The fourth-order valence-corrected chi connectivity index (χ4v) is 2.02. The first-order valence-corrected chi connectivity index (χ1v) is 4.22. The van der Waals surface area contributed by atoms with E-state index in [0.29, 0.717) is 0 Å². The van der Waals surface area contributed by atoms with E-state index in [2.05, 4.69) is 30.4 Å². The molecule has 2 atom stereocenters. The molecule has 1 fully saturated rings. The maximum absolute atomic E-state index is 3.51. The van der Waals surface area contributed by atoms with E-state index in [1.165, 1.54) is 17.7 Å². The van der Waals surface area contributed by atoms with Gasteiger partial charge in [-0.2, -0.15) is 0 Å². The third-order valence-electron chi connectivity index (χ3n) is 2.74. The van der Waals surface area contributed by atoms with Crippen molar-refractivity contribution in [3.8, 4) is 0 Å². The van der Waals surface area contributed by atoms with Crippen LogP contribution in [0.4, 0.5) is 5.69 Å². The minimum Gasteiger partial charge on any atom is -0.381 e. The lowest BCUT2D eigenvalue weighted by molar-refractivity contribution is 1.13. The van der Waals surface area contributed by atoms with Crippen molar-refractivity contribution in [1.29, 1.82) is 0 Å². The van der Waals surface area contributed by atoms with Gasteiger partial charge in [-0.25, -0.2) is 0 Å². The highest BCUT2D eigenvalue weighted by molar-refractivity contribution is 5.64. The first kappa shape index (κ1) is 5.64. The van der Waals surface area contributed by atoms with Crippen LogP contribution in [-0.4, -0.2) is 6.04 Å². The highest BCUT2D eigenvalue weighted by Crippen LogP contribution is 2.51. The first-order chi connectivity index (χ1) is 5.34. The molecule has 1 aromatic carbocycles. The second-order valence-corrected chi connectivity index (χ2v) is 3.68. The van der Waals surface area contributed by atoms with Gasteiger partial charge in [-0.15, -0.1) is 0 Å². The van der Waals surface area contributed by atoms with Crippen LogP contribution < -0.4 is 5.32 Å². The fourth-order valence-electron chi connectivity index (χ4n) is 2.02. The Kier molecular flexibility index (Phi) is 0.823. The number of fused-ring (bicyclic) bond motifs is 3.